The molecule has 6 heteroatoms. The summed E-state index contributed by atoms with van der Waals surface area (Å²) in [7, 11) is 0. The Labute approximate surface area is 108 Å². The van der Waals surface area contributed by atoms with Gasteiger partial charge in [0.15, 0.2) is 0 Å². The number of hydrogen-bond acceptors (Lipinski definition) is 5. The van der Waals surface area contributed by atoms with Gasteiger partial charge in [-0.05, 0) is 47.6 Å². The van der Waals surface area contributed by atoms with Gasteiger partial charge in [-0.15, -0.1) is 0 Å². The highest BCUT2D eigenvalue weighted by atomic mass is 32.2. The first-order chi connectivity index (χ1) is 8.17. The fourth-order valence-corrected chi connectivity index (χ4v) is 2.12. The van der Waals surface area contributed by atoms with Crippen LogP contribution < -0.4 is 5.73 Å². The van der Waals surface area contributed by atoms with E-state index in [9.17, 15) is 4.79 Å². The van der Waals surface area contributed by atoms with Gasteiger partial charge < -0.3 is 5.73 Å². The second kappa shape index (κ2) is 6.85. The number of thiocyanates is 2. The average molecular weight is 263 g/mol. The van der Waals surface area contributed by atoms with Crippen LogP contribution in [0.2, 0.25) is 0 Å². The van der Waals surface area contributed by atoms with E-state index < -0.39 is 11.2 Å². The Hall–Kier alpha value is -1.63. The lowest BCUT2D eigenvalue weighted by atomic mass is 10.1. The number of carbonyl (C=O) groups excluding carboxylic acids is 1. The van der Waals surface area contributed by atoms with E-state index in [2.05, 4.69) is 0 Å². The van der Waals surface area contributed by atoms with Crippen LogP contribution in [0.25, 0.3) is 0 Å². The predicted octanol–water partition coefficient (Wildman–Crippen LogP) is 1.87. The predicted molar refractivity (Wildman–Crippen MR) is 67.8 cm³/mol. The highest BCUT2D eigenvalue weighted by Gasteiger charge is 2.16. The van der Waals surface area contributed by atoms with Gasteiger partial charge in [0.1, 0.15) is 16.1 Å². The van der Waals surface area contributed by atoms with E-state index in [1.165, 1.54) is 0 Å². The van der Waals surface area contributed by atoms with Gasteiger partial charge in [0.25, 0.3) is 0 Å². The smallest absolute Gasteiger partial charge is 0.231 e. The third-order valence-corrected chi connectivity index (χ3v) is 3.41. The molecule has 1 rings (SSSR count). The minimum atomic E-state index is -0.533. The summed E-state index contributed by atoms with van der Waals surface area (Å²) in [5.41, 5.74) is 6.11. The summed E-state index contributed by atoms with van der Waals surface area (Å²) >= 11 is 1.94. The Morgan fingerprint density at radius 2 is 1.94 bits per heavy atom. The lowest BCUT2D eigenvalue weighted by molar-refractivity contribution is -0.117. The van der Waals surface area contributed by atoms with Crippen LogP contribution in [0.5, 0.6) is 0 Å². The van der Waals surface area contributed by atoms with Crippen LogP contribution in [-0.2, 0) is 11.2 Å². The Bertz CT molecular complexity index is 473. The van der Waals surface area contributed by atoms with Gasteiger partial charge in [0, 0.05) is 4.90 Å². The van der Waals surface area contributed by atoms with Crippen molar-refractivity contribution < 1.29 is 4.79 Å². The minimum absolute atomic E-state index is 0.422. The molecule has 1 amide bonds. The summed E-state index contributed by atoms with van der Waals surface area (Å²) in [5, 5.41) is 20.3. The molecule has 0 aliphatic heterocycles. The van der Waals surface area contributed by atoms with Gasteiger partial charge in [-0.25, -0.2) is 0 Å². The largest absolute Gasteiger partial charge is 0.369 e. The molecule has 4 nitrogen and oxygen atoms in total. The maximum absolute atomic E-state index is 11.1. The van der Waals surface area contributed by atoms with Crippen LogP contribution in [0, 0.1) is 21.3 Å². The molecule has 0 fully saturated rings. The highest BCUT2D eigenvalue weighted by molar-refractivity contribution is 8.05. The van der Waals surface area contributed by atoms with Crippen molar-refractivity contribution in [1.29, 1.82) is 10.5 Å². The number of nitrogens with two attached hydrogens (primary N) is 1. The number of nitrogens with zero attached hydrogens (tertiary/aromatic N) is 2. The monoisotopic (exact) mass is 263 g/mol. The quantitative estimate of drug-likeness (QED) is 0.647. The summed E-state index contributed by atoms with van der Waals surface area (Å²) in [6, 6.07) is 7.26. The van der Waals surface area contributed by atoms with Crippen molar-refractivity contribution in [3.05, 3.63) is 29.8 Å². The third-order valence-electron chi connectivity index (χ3n) is 2.02. The first kappa shape index (κ1) is 13.4. The fraction of sp³-hybridized carbons (Fsp3) is 0.182. The van der Waals surface area contributed by atoms with Crippen molar-refractivity contribution in [1.82, 2.24) is 0 Å². The van der Waals surface area contributed by atoms with Crippen molar-refractivity contribution >= 4 is 29.4 Å². The SMILES string of the molecule is N#CSc1ccc(CC(SC#N)C(N)=O)cc1. The molecule has 86 valence electrons. The summed E-state index contributed by atoms with van der Waals surface area (Å²) in [6.45, 7) is 0. The van der Waals surface area contributed by atoms with Crippen molar-refractivity contribution in [2.24, 2.45) is 5.73 Å². The van der Waals surface area contributed by atoms with E-state index >= 15 is 0 Å². The molecule has 0 saturated carbocycles. The van der Waals surface area contributed by atoms with E-state index in [-0.39, 0.29) is 0 Å². The van der Waals surface area contributed by atoms with Gasteiger partial charge >= 0.3 is 0 Å². The number of rotatable bonds is 5. The lowest BCUT2D eigenvalue weighted by Crippen LogP contribution is -2.27. The standard InChI is InChI=1S/C11H9N3OS2/c12-6-16-9-3-1-8(2-4-9)5-10(11(14)15)17-7-13/h1-4,10H,5H2,(H2,14,15). The first-order valence-corrected chi connectivity index (χ1v) is 6.36. The Balaban J connectivity index is 2.71. The molecule has 0 radical (unpaired) electrons. The van der Waals surface area contributed by atoms with Gasteiger partial charge in [-0.2, -0.15) is 10.5 Å². The van der Waals surface area contributed by atoms with Crippen LogP contribution in [0.15, 0.2) is 29.2 Å². The maximum atomic E-state index is 11.1. The van der Waals surface area contributed by atoms with Crippen LogP contribution in [0.3, 0.4) is 0 Å². The van der Waals surface area contributed by atoms with E-state index in [0.717, 1.165) is 34.0 Å². The normalized spacial score (nSPS) is 11.2. The zero-order valence-electron chi connectivity index (χ0n) is 8.79. The van der Waals surface area contributed by atoms with Gasteiger partial charge in [-0.3, -0.25) is 4.79 Å². The summed E-state index contributed by atoms with van der Waals surface area (Å²) < 4.78 is 0. The van der Waals surface area contributed by atoms with E-state index in [0.29, 0.717) is 6.42 Å². The Morgan fingerprint density at radius 1 is 1.29 bits per heavy atom. The van der Waals surface area contributed by atoms with Crippen LogP contribution >= 0.6 is 23.5 Å². The second-order valence-electron chi connectivity index (χ2n) is 3.14. The van der Waals surface area contributed by atoms with Crippen molar-refractivity contribution in [3.63, 3.8) is 0 Å². The number of hydrogen-bond donors (Lipinski definition) is 1. The molecule has 0 aromatic heterocycles. The van der Waals surface area contributed by atoms with Crippen LogP contribution in [-0.4, -0.2) is 11.2 Å². The second-order valence-corrected chi connectivity index (χ2v) is 4.99. The molecular weight excluding hydrogens is 254 g/mol. The van der Waals surface area contributed by atoms with Crippen molar-refractivity contribution in [2.45, 2.75) is 16.6 Å². The number of carbonyl (C=O) groups is 1. The first-order valence-electron chi connectivity index (χ1n) is 4.66. The Kier molecular flexibility index (Phi) is 5.41. The van der Waals surface area contributed by atoms with Crippen molar-refractivity contribution in [2.75, 3.05) is 0 Å². The number of benzene rings is 1. The lowest BCUT2D eigenvalue weighted by Gasteiger charge is -2.08. The zero-order chi connectivity index (χ0) is 12.7. The van der Waals surface area contributed by atoms with Gasteiger partial charge in [0.05, 0.1) is 0 Å². The number of primary amides is 1. The fourth-order valence-electron chi connectivity index (χ4n) is 1.22. The molecule has 0 heterocycles. The summed E-state index contributed by atoms with van der Waals surface area (Å²) in [6.07, 6.45) is 0.422. The molecule has 0 aliphatic carbocycles. The number of amides is 1. The molecule has 1 unspecified atom stereocenters. The van der Waals surface area contributed by atoms with Crippen LogP contribution in [0.4, 0.5) is 0 Å². The summed E-state index contributed by atoms with van der Waals surface area (Å²) in [4.78, 5) is 11.9. The van der Waals surface area contributed by atoms with E-state index in [1.807, 2.05) is 22.9 Å². The number of nitriles is 2. The van der Waals surface area contributed by atoms with E-state index in [1.54, 1.807) is 12.1 Å². The molecule has 0 spiro atoms. The minimum Gasteiger partial charge on any atom is -0.369 e. The summed E-state index contributed by atoms with van der Waals surface area (Å²) in [5.74, 6) is -0.493. The van der Waals surface area contributed by atoms with E-state index in [4.69, 9.17) is 16.3 Å². The molecule has 0 bridgehead atoms. The molecule has 0 aliphatic rings. The molecule has 0 saturated heterocycles. The molecule has 2 N–H and O–H groups in total. The molecular formula is C11H9N3OS2. The van der Waals surface area contributed by atoms with Crippen molar-refractivity contribution in [3.8, 4) is 10.8 Å². The topological polar surface area (TPSA) is 90.7 Å². The molecule has 1 aromatic carbocycles. The third kappa shape index (κ3) is 4.39. The highest BCUT2D eigenvalue weighted by Crippen LogP contribution is 2.20. The molecule has 17 heavy (non-hydrogen) atoms. The maximum Gasteiger partial charge on any atom is 0.231 e. The zero-order valence-corrected chi connectivity index (χ0v) is 10.4. The van der Waals surface area contributed by atoms with Gasteiger partial charge in [0.2, 0.25) is 5.91 Å². The number of thioether (sulfide) groups is 2. The molecule has 1 aromatic rings. The average Bonchev–Trinajstić information content (AvgIpc) is 2.31. The van der Waals surface area contributed by atoms with Crippen LogP contribution in [0.1, 0.15) is 5.56 Å². The van der Waals surface area contributed by atoms with Gasteiger partial charge in [-0.1, -0.05) is 12.1 Å². The molecule has 1 atom stereocenters. The Morgan fingerprint density at radius 3 is 2.41 bits per heavy atom.